The molecule has 2 rings (SSSR count). The van der Waals surface area contributed by atoms with E-state index in [4.69, 9.17) is 9.84 Å². The summed E-state index contributed by atoms with van der Waals surface area (Å²) in [6.07, 6.45) is 0.879. The van der Waals surface area contributed by atoms with E-state index in [2.05, 4.69) is 5.32 Å². The molecule has 0 bridgehead atoms. The van der Waals surface area contributed by atoms with Gasteiger partial charge in [0.15, 0.2) is 0 Å². The minimum absolute atomic E-state index is 0.0641. The fourth-order valence-corrected chi connectivity index (χ4v) is 2.46. The molecule has 0 saturated carbocycles. The molecule has 0 aromatic heterocycles. The Labute approximate surface area is 123 Å². The largest absolute Gasteiger partial charge is 0.497 e. The first kappa shape index (κ1) is 15.2. The number of nitrogens with one attached hydrogen (secondary N) is 1. The third-order valence-corrected chi connectivity index (χ3v) is 3.64. The SMILES string of the molecule is COc1ccc(CNC(=O)N2CCC(CC(=O)O)C2)cc1. The first-order valence-corrected chi connectivity index (χ1v) is 6.96. The minimum Gasteiger partial charge on any atom is -0.497 e. The smallest absolute Gasteiger partial charge is 0.317 e. The van der Waals surface area contributed by atoms with Crippen LogP contribution in [0.5, 0.6) is 5.75 Å². The van der Waals surface area contributed by atoms with Crippen LogP contribution in [0.15, 0.2) is 24.3 Å². The average Bonchev–Trinajstić information content (AvgIpc) is 2.93. The lowest BCUT2D eigenvalue weighted by Crippen LogP contribution is -2.38. The molecule has 1 aliphatic heterocycles. The highest BCUT2D eigenvalue weighted by Gasteiger charge is 2.27. The Hall–Kier alpha value is -2.24. The molecule has 21 heavy (non-hydrogen) atoms. The van der Waals surface area contributed by atoms with Gasteiger partial charge in [0.1, 0.15) is 5.75 Å². The number of carbonyl (C=O) groups is 2. The molecule has 114 valence electrons. The van der Waals surface area contributed by atoms with Gasteiger partial charge in [-0.3, -0.25) is 4.79 Å². The van der Waals surface area contributed by atoms with Gasteiger partial charge in [-0.2, -0.15) is 0 Å². The van der Waals surface area contributed by atoms with Gasteiger partial charge in [0.05, 0.1) is 7.11 Å². The van der Waals surface area contributed by atoms with Gasteiger partial charge in [-0.1, -0.05) is 12.1 Å². The molecular weight excluding hydrogens is 272 g/mol. The van der Waals surface area contributed by atoms with Crippen LogP contribution >= 0.6 is 0 Å². The second kappa shape index (κ2) is 6.97. The van der Waals surface area contributed by atoms with Crippen LogP contribution in [0.25, 0.3) is 0 Å². The van der Waals surface area contributed by atoms with Gasteiger partial charge in [0, 0.05) is 26.1 Å². The number of hydrogen-bond donors (Lipinski definition) is 2. The zero-order valence-electron chi connectivity index (χ0n) is 12.0. The van der Waals surface area contributed by atoms with Gasteiger partial charge in [-0.15, -0.1) is 0 Å². The zero-order valence-corrected chi connectivity index (χ0v) is 12.0. The Bertz CT molecular complexity index is 501. The number of ether oxygens (including phenoxy) is 1. The van der Waals surface area contributed by atoms with E-state index in [1.54, 1.807) is 12.0 Å². The van der Waals surface area contributed by atoms with Gasteiger partial charge in [-0.25, -0.2) is 4.79 Å². The molecule has 1 heterocycles. The number of carbonyl (C=O) groups excluding carboxylic acids is 1. The number of aliphatic carboxylic acids is 1. The molecular formula is C15H20N2O4. The predicted octanol–water partition coefficient (Wildman–Crippen LogP) is 1.70. The lowest BCUT2D eigenvalue weighted by Gasteiger charge is -2.17. The summed E-state index contributed by atoms with van der Waals surface area (Å²) in [5.41, 5.74) is 0.991. The van der Waals surface area contributed by atoms with E-state index in [0.717, 1.165) is 17.7 Å². The highest BCUT2D eigenvalue weighted by atomic mass is 16.5. The van der Waals surface area contributed by atoms with Crippen molar-refractivity contribution in [2.45, 2.75) is 19.4 Å². The van der Waals surface area contributed by atoms with Crippen molar-refractivity contribution < 1.29 is 19.4 Å². The van der Waals surface area contributed by atoms with Crippen molar-refractivity contribution in [3.63, 3.8) is 0 Å². The van der Waals surface area contributed by atoms with Crippen LogP contribution in [0.1, 0.15) is 18.4 Å². The van der Waals surface area contributed by atoms with Crippen LogP contribution in [0.4, 0.5) is 4.79 Å². The Kier molecular flexibility index (Phi) is 5.03. The highest BCUT2D eigenvalue weighted by molar-refractivity contribution is 5.74. The number of carboxylic acids is 1. The standard InChI is InChI=1S/C15H20N2O4/c1-21-13-4-2-11(3-5-13)9-16-15(20)17-7-6-12(10-17)8-14(18)19/h2-5,12H,6-10H2,1H3,(H,16,20)(H,18,19). The number of hydrogen-bond acceptors (Lipinski definition) is 3. The summed E-state index contributed by atoms with van der Waals surface area (Å²) in [5.74, 6) is 0.0378. The van der Waals surface area contributed by atoms with Gasteiger partial charge >= 0.3 is 12.0 Å². The number of benzene rings is 1. The monoisotopic (exact) mass is 292 g/mol. The average molecular weight is 292 g/mol. The normalized spacial score (nSPS) is 17.6. The minimum atomic E-state index is -0.805. The summed E-state index contributed by atoms with van der Waals surface area (Å²) in [6, 6.07) is 7.35. The fraction of sp³-hybridized carbons (Fsp3) is 0.467. The number of nitrogens with zero attached hydrogens (tertiary/aromatic N) is 1. The quantitative estimate of drug-likeness (QED) is 0.866. The Morgan fingerprint density at radius 2 is 2.10 bits per heavy atom. The molecule has 1 fully saturated rings. The molecule has 1 saturated heterocycles. The van der Waals surface area contributed by atoms with Gasteiger partial charge < -0.3 is 20.1 Å². The zero-order chi connectivity index (χ0) is 15.2. The topological polar surface area (TPSA) is 78.9 Å². The number of amides is 2. The van der Waals surface area contributed by atoms with E-state index in [9.17, 15) is 9.59 Å². The number of methoxy groups -OCH3 is 1. The predicted molar refractivity (Wildman–Crippen MR) is 77.2 cm³/mol. The van der Waals surface area contributed by atoms with Crippen molar-refractivity contribution >= 4 is 12.0 Å². The van der Waals surface area contributed by atoms with E-state index in [-0.39, 0.29) is 18.4 Å². The van der Waals surface area contributed by atoms with E-state index in [1.807, 2.05) is 24.3 Å². The van der Waals surface area contributed by atoms with E-state index >= 15 is 0 Å². The molecule has 2 amide bonds. The summed E-state index contributed by atoms with van der Waals surface area (Å²) in [6.45, 7) is 1.58. The first-order valence-electron chi connectivity index (χ1n) is 6.96. The van der Waals surface area contributed by atoms with Crippen LogP contribution in [0.2, 0.25) is 0 Å². The Balaban J connectivity index is 1.78. The van der Waals surface area contributed by atoms with Crippen LogP contribution in [-0.2, 0) is 11.3 Å². The summed E-state index contributed by atoms with van der Waals surface area (Å²) in [5, 5.41) is 11.6. The first-order chi connectivity index (χ1) is 10.1. The van der Waals surface area contributed by atoms with Crippen LogP contribution in [0.3, 0.4) is 0 Å². The Morgan fingerprint density at radius 1 is 1.38 bits per heavy atom. The van der Waals surface area contributed by atoms with Crippen molar-refractivity contribution in [2.24, 2.45) is 5.92 Å². The highest BCUT2D eigenvalue weighted by Crippen LogP contribution is 2.19. The molecule has 0 spiro atoms. The maximum atomic E-state index is 12.0. The van der Waals surface area contributed by atoms with Crippen molar-refractivity contribution in [3.05, 3.63) is 29.8 Å². The molecule has 0 aliphatic carbocycles. The molecule has 1 aromatic carbocycles. The number of urea groups is 1. The van der Waals surface area contributed by atoms with Crippen molar-refractivity contribution in [3.8, 4) is 5.75 Å². The summed E-state index contributed by atoms with van der Waals surface area (Å²) >= 11 is 0. The maximum Gasteiger partial charge on any atom is 0.317 e. The van der Waals surface area contributed by atoms with E-state index in [1.165, 1.54) is 0 Å². The third kappa shape index (κ3) is 4.37. The molecule has 1 aliphatic rings. The summed E-state index contributed by atoms with van der Waals surface area (Å²) in [7, 11) is 1.61. The molecule has 6 nitrogen and oxygen atoms in total. The second-order valence-electron chi connectivity index (χ2n) is 5.21. The van der Waals surface area contributed by atoms with E-state index < -0.39 is 5.97 Å². The lowest BCUT2D eigenvalue weighted by molar-refractivity contribution is -0.138. The molecule has 1 atom stereocenters. The van der Waals surface area contributed by atoms with E-state index in [0.29, 0.717) is 19.6 Å². The lowest BCUT2D eigenvalue weighted by atomic mass is 10.1. The molecule has 1 aromatic rings. The number of carboxylic acid groups (broad SMARTS) is 1. The molecule has 1 unspecified atom stereocenters. The summed E-state index contributed by atoms with van der Waals surface area (Å²) < 4.78 is 5.08. The number of likely N-dealkylation sites (tertiary alicyclic amines) is 1. The van der Waals surface area contributed by atoms with Gasteiger partial charge in [-0.05, 0) is 30.0 Å². The Morgan fingerprint density at radius 3 is 2.71 bits per heavy atom. The second-order valence-corrected chi connectivity index (χ2v) is 5.21. The fourth-order valence-electron chi connectivity index (χ4n) is 2.46. The van der Waals surface area contributed by atoms with Crippen LogP contribution < -0.4 is 10.1 Å². The van der Waals surface area contributed by atoms with Gasteiger partial charge in [0.25, 0.3) is 0 Å². The van der Waals surface area contributed by atoms with Gasteiger partial charge in [0.2, 0.25) is 0 Å². The number of rotatable bonds is 5. The molecule has 2 N–H and O–H groups in total. The molecule has 0 radical (unpaired) electrons. The van der Waals surface area contributed by atoms with Crippen molar-refractivity contribution in [2.75, 3.05) is 20.2 Å². The van der Waals surface area contributed by atoms with Crippen molar-refractivity contribution in [1.29, 1.82) is 0 Å². The summed E-state index contributed by atoms with van der Waals surface area (Å²) in [4.78, 5) is 24.4. The molecule has 6 heteroatoms. The maximum absolute atomic E-state index is 12.0. The van der Waals surface area contributed by atoms with Crippen LogP contribution in [-0.4, -0.2) is 42.2 Å². The third-order valence-electron chi connectivity index (χ3n) is 3.64. The van der Waals surface area contributed by atoms with Crippen molar-refractivity contribution in [1.82, 2.24) is 10.2 Å². The van der Waals surface area contributed by atoms with Crippen LogP contribution in [0, 0.1) is 5.92 Å².